The molecule has 2 rings (SSSR count). The third kappa shape index (κ3) is 3.66. The zero-order chi connectivity index (χ0) is 15.2. The molecule has 21 heavy (non-hydrogen) atoms. The van der Waals surface area contributed by atoms with Gasteiger partial charge in [0, 0.05) is 10.0 Å². The Labute approximate surface area is 135 Å². The zero-order valence-corrected chi connectivity index (χ0v) is 14.4. The van der Waals surface area contributed by atoms with Crippen molar-refractivity contribution in [3.63, 3.8) is 0 Å². The van der Waals surface area contributed by atoms with Crippen LogP contribution in [-0.4, -0.2) is 13.7 Å². The molecule has 0 fully saturated rings. The van der Waals surface area contributed by atoms with E-state index in [1.54, 1.807) is 0 Å². The summed E-state index contributed by atoms with van der Waals surface area (Å²) in [6, 6.07) is 14.7. The Morgan fingerprint density at radius 1 is 1.10 bits per heavy atom. The van der Waals surface area contributed by atoms with Crippen molar-refractivity contribution < 1.29 is 4.74 Å². The zero-order valence-electron chi connectivity index (χ0n) is 12.8. The van der Waals surface area contributed by atoms with Crippen LogP contribution in [-0.2, 0) is 0 Å². The van der Waals surface area contributed by atoms with Crippen LogP contribution in [0.1, 0.15) is 36.1 Å². The smallest absolute Gasteiger partial charge is 0.124 e. The molecule has 112 valence electrons. The third-order valence-electron chi connectivity index (χ3n) is 3.60. The summed E-state index contributed by atoms with van der Waals surface area (Å²) in [6.07, 6.45) is 1.01. The number of rotatable bonds is 6. The molecule has 0 aliphatic heterocycles. The lowest BCUT2D eigenvalue weighted by molar-refractivity contribution is 0.312. The lowest BCUT2D eigenvalue weighted by atomic mass is 9.94. The average molecular weight is 348 g/mol. The van der Waals surface area contributed by atoms with E-state index in [1.807, 2.05) is 19.2 Å². The van der Waals surface area contributed by atoms with Crippen LogP contribution in [0, 0.1) is 6.92 Å². The first-order valence-electron chi connectivity index (χ1n) is 7.33. The Morgan fingerprint density at radius 3 is 2.52 bits per heavy atom. The van der Waals surface area contributed by atoms with E-state index < -0.39 is 0 Å². The Morgan fingerprint density at radius 2 is 1.81 bits per heavy atom. The highest BCUT2D eigenvalue weighted by Gasteiger charge is 2.18. The van der Waals surface area contributed by atoms with Crippen LogP contribution < -0.4 is 10.1 Å². The van der Waals surface area contributed by atoms with Crippen molar-refractivity contribution in [2.24, 2.45) is 0 Å². The molecule has 0 saturated carbocycles. The molecule has 0 amide bonds. The third-order valence-corrected chi connectivity index (χ3v) is 4.46. The number of hydrogen-bond acceptors (Lipinski definition) is 2. The summed E-state index contributed by atoms with van der Waals surface area (Å²) in [7, 11) is 1.99. The number of nitrogens with one attached hydrogen (secondary N) is 1. The predicted octanol–water partition coefficient (Wildman–Crippen LogP) is 4.86. The van der Waals surface area contributed by atoms with Gasteiger partial charge in [0.15, 0.2) is 0 Å². The molecule has 1 unspecified atom stereocenters. The fraction of sp³-hybridized carbons (Fsp3) is 0.333. The summed E-state index contributed by atoms with van der Waals surface area (Å²) >= 11 is 3.62. The Bertz CT molecular complexity index is 598. The first-order valence-corrected chi connectivity index (χ1v) is 8.12. The highest BCUT2D eigenvalue weighted by atomic mass is 79.9. The molecule has 0 saturated heterocycles. The molecule has 0 aliphatic carbocycles. The van der Waals surface area contributed by atoms with Gasteiger partial charge >= 0.3 is 0 Å². The minimum Gasteiger partial charge on any atom is -0.493 e. The van der Waals surface area contributed by atoms with E-state index in [1.165, 1.54) is 16.7 Å². The molecule has 2 aromatic carbocycles. The van der Waals surface area contributed by atoms with Crippen molar-refractivity contribution in [1.82, 2.24) is 5.32 Å². The van der Waals surface area contributed by atoms with Crippen LogP contribution in [0.5, 0.6) is 5.75 Å². The predicted molar refractivity (Wildman–Crippen MR) is 92.0 cm³/mol. The molecule has 0 aliphatic rings. The van der Waals surface area contributed by atoms with Crippen molar-refractivity contribution in [2.75, 3.05) is 13.7 Å². The first kappa shape index (κ1) is 16.1. The first-order chi connectivity index (χ1) is 10.2. The Hall–Kier alpha value is -1.32. The SMILES string of the molecule is CCCOc1ccccc1C(NC)c1cccc(Br)c1C. The summed E-state index contributed by atoms with van der Waals surface area (Å²) in [5.74, 6) is 0.957. The molecular formula is C18H22BrNO. The van der Waals surface area contributed by atoms with E-state index >= 15 is 0 Å². The maximum atomic E-state index is 5.91. The van der Waals surface area contributed by atoms with Crippen LogP contribution in [0.3, 0.4) is 0 Å². The van der Waals surface area contributed by atoms with Gasteiger partial charge in [0.05, 0.1) is 12.6 Å². The average Bonchev–Trinajstić information content (AvgIpc) is 2.51. The molecule has 0 radical (unpaired) electrons. The lowest BCUT2D eigenvalue weighted by Gasteiger charge is -2.22. The van der Waals surface area contributed by atoms with Crippen LogP contribution in [0.2, 0.25) is 0 Å². The quantitative estimate of drug-likeness (QED) is 0.805. The molecule has 0 bridgehead atoms. The standard InChI is InChI=1S/C18H22BrNO/c1-4-12-21-17-11-6-5-8-15(17)18(20-3)14-9-7-10-16(19)13(14)2/h5-11,18,20H,4,12H2,1-3H3. The van der Waals surface area contributed by atoms with Crippen molar-refractivity contribution in [2.45, 2.75) is 26.3 Å². The largest absolute Gasteiger partial charge is 0.493 e. The van der Waals surface area contributed by atoms with Gasteiger partial charge in [-0.1, -0.05) is 53.2 Å². The fourth-order valence-corrected chi connectivity index (χ4v) is 2.86. The van der Waals surface area contributed by atoms with E-state index in [4.69, 9.17) is 4.74 Å². The number of halogens is 1. The maximum Gasteiger partial charge on any atom is 0.124 e. The van der Waals surface area contributed by atoms with E-state index in [0.29, 0.717) is 0 Å². The second-order valence-electron chi connectivity index (χ2n) is 5.06. The van der Waals surface area contributed by atoms with Gasteiger partial charge < -0.3 is 10.1 Å². The van der Waals surface area contributed by atoms with E-state index in [2.05, 4.69) is 65.4 Å². The highest BCUT2D eigenvalue weighted by Crippen LogP contribution is 2.33. The van der Waals surface area contributed by atoms with Gasteiger partial charge in [-0.15, -0.1) is 0 Å². The van der Waals surface area contributed by atoms with Crippen LogP contribution >= 0.6 is 15.9 Å². The fourth-order valence-electron chi connectivity index (χ4n) is 2.48. The molecule has 2 nitrogen and oxygen atoms in total. The molecule has 0 spiro atoms. The van der Waals surface area contributed by atoms with Gasteiger partial charge in [-0.3, -0.25) is 0 Å². The van der Waals surface area contributed by atoms with Crippen LogP contribution in [0.4, 0.5) is 0 Å². The minimum atomic E-state index is 0.121. The van der Waals surface area contributed by atoms with E-state index in [0.717, 1.165) is 23.2 Å². The summed E-state index contributed by atoms with van der Waals surface area (Å²) in [5.41, 5.74) is 3.69. The van der Waals surface area contributed by atoms with Gasteiger partial charge in [-0.05, 0) is 43.7 Å². The van der Waals surface area contributed by atoms with Crippen molar-refractivity contribution in [1.29, 1.82) is 0 Å². The van der Waals surface area contributed by atoms with Crippen LogP contribution in [0.25, 0.3) is 0 Å². The second-order valence-corrected chi connectivity index (χ2v) is 5.92. The second kappa shape index (κ2) is 7.62. The summed E-state index contributed by atoms with van der Waals surface area (Å²) in [6.45, 7) is 5.00. The number of ether oxygens (including phenoxy) is 1. The summed E-state index contributed by atoms with van der Waals surface area (Å²) < 4.78 is 7.04. The summed E-state index contributed by atoms with van der Waals surface area (Å²) in [4.78, 5) is 0. The Balaban J connectivity index is 2.44. The Kier molecular flexibility index (Phi) is 5.83. The molecule has 0 heterocycles. The van der Waals surface area contributed by atoms with Crippen molar-refractivity contribution in [3.05, 3.63) is 63.6 Å². The van der Waals surface area contributed by atoms with E-state index in [-0.39, 0.29) is 6.04 Å². The molecule has 2 aromatic rings. The van der Waals surface area contributed by atoms with E-state index in [9.17, 15) is 0 Å². The number of para-hydroxylation sites is 1. The van der Waals surface area contributed by atoms with Crippen molar-refractivity contribution in [3.8, 4) is 5.75 Å². The normalized spacial score (nSPS) is 12.2. The number of benzene rings is 2. The molecular weight excluding hydrogens is 326 g/mol. The van der Waals surface area contributed by atoms with Gasteiger partial charge in [-0.2, -0.15) is 0 Å². The monoisotopic (exact) mass is 347 g/mol. The minimum absolute atomic E-state index is 0.121. The van der Waals surface area contributed by atoms with Crippen LogP contribution in [0.15, 0.2) is 46.9 Å². The van der Waals surface area contributed by atoms with Gasteiger partial charge in [0.2, 0.25) is 0 Å². The molecule has 0 aromatic heterocycles. The van der Waals surface area contributed by atoms with Gasteiger partial charge in [0.25, 0.3) is 0 Å². The van der Waals surface area contributed by atoms with Gasteiger partial charge in [0.1, 0.15) is 5.75 Å². The summed E-state index contributed by atoms with van der Waals surface area (Å²) in [5, 5.41) is 3.42. The molecule has 1 atom stereocenters. The lowest BCUT2D eigenvalue weighted by Crippen LogP contribution is -2.20. The molecule has 1 N–H and O–H groups in total. The van der Waals surface area contributed by atoms with Gasteiger partial charge in [-0.25, -0.2) is 0 Å². The number of hydrogen-bond donors (Lipinski definition) is 1. The topological polar surface area (TPSA) is 21.3 Å². The highest BCUT2D eigenvalue weighted by molar-refractivity contribution is 9.10. The molecule has 3 heteroatoms. The maximum absolute atomic E-state index is 5.91. The van der Waals surface area contributed by atoms with Crippen molar-refractivity contribution >= 4 is 15.9 Å².